The fourth-order valence-corrected chi connectivity index (χ4v) is 7.76. The first-order valence-electron chi connectivity index (χ1n) is 27.0. The van der Waals surface area contributed by atoms with Crippen molar-refractivity contribution in [3.63, 3.8) is 0 Å². The lowest BCUT2D eigenvalue weighted by Gasteiger charge is -2.18. The zero-order valence-corrected chi connectivity index (χ0v) is 41.4. The Morgan fingerprint density at radius 2 is 0.581 bits per heavy atom. The van der Waals surface area contributed by atoms with Crippen LogP contribution in [0.25, 0.3) is 0 Å². The maximum absolute atomic E-state index is 12.8. The summed E-state index contributed by atoms with van der Waals surface area (Å²) in [6.45, 7) is 6.61. The van der Waals surface area contributed by atoms with Crippen molar-refractivity contribution in [2.75, 3.05) is 13.2 Å². The van der Waals surface area contributed by atoms with Crippen molar-refractivity contribution in [2.24, 2.45) is 0 Å². The number of carbonyl (C=O) groups excluding carboxylic acids is 3. The maximum Gasteiger partial charge on any atom is 0.306 e. The zero-order valence-electron chi connectivity index (χ0n) is 41.4. The number of carbonyl (C=O) groups is 3. The fourth-order valence-electron chi connectivity index (χ4n) is 7.76. The van der Waals surface area contributed by atoms with Crippen molar-refractivity contribution in [2.45, 2.75) is 290 Å². The summed E-state index contributed by atoms with van der Waals surface area (Å²) in [6, 6.07) is 0. The van der Waals surface area contributed by atoms with Crippen LogP contribution in [0.1, 0.15) is 284 Å². The molecule has 0 aromatic carbocycles. The van der Waals surface area contributed by atoms with Gasteiger partial charge in [0.15, 0.2) is 6.10 Å². The average Bonchev–Trinajstić information content (AvgIpc) is 3.27. The standard InChI is InChI=1S/C56H102O6/c1-4-7-10-13-16-19-22-25-26-27-28-29-30-32-34-37-40-43-46-49-55(58)61-52-53(51-60-54(57)48-45-42-39-36-33-24-21-18-15-12-9-6-3)62-56(59)50-47-44-41-38-35-31-23-20-17-14-11-8-5-2/h16,19-20,23,25-26,53H,4-15,17-18,21-22,24,27-52H2,1-3H3/b19-16-,23-20-,26-25-/t53-/m0/s1. The van der Waals surface area contributed by atoms with E-state index in [1.807, 2.05) is 0 Å². The fraction of sp³-hybridized carbons (Fsp3) is 0.839. The van der Waals surface area contributed by atoms with Crippen molar-refractivity contribution in [3.05, 3.63) is 36.5 Å². The van der Waals surface area contributed by atoms with Crippen LogP contribution in [-0.2, 0) is 28.6 Å². The van der Waals surface area contributed by atoms with Crippen LogP contribution in [0.3, 0.4) is 0 Å². The first-order valence-corrected chi connectivity index (χ1v) is 27.0. The summed E-state index contributed by atoms with van der Waals surface area (Å²) in [5.41, 5.74) is 0. The Bertz CT molecular complexity index is 1050. The van der Waals surface area contributed by atoms with E-state index in [1.54, 1.807) is 0 Å². The molecule has 0 aromatic heterocycles. The monoisotopic (exact) mass is 871 g/mol. The molecule has 1 atom stereocenters. The molecular formula is C56H102O6. The number of allylic oxidation sites excluding steroid dienone is 6. The van der Waals surface area contributed by atoms with Gasteiger partial charge in [0.2, 0.25) is 0 Å². The van der Waals surface area contributed by atoms with Crippen molar-refractivity contribution < 1.29 is 28.6 Å². The van der Waals surface area contributed by atoms with Gasteiger partial charge in [0, 0.05) is 19.3 Å². The van der Waals surface area contributed by atoms with Gasteiger partial charge >= 0.3 is 17.9 Å². The lowest BCUT2D eigenvalue weighted by molar-refractivity contribution is -0.167. The van der Waals surface area contributed by atoms with E-state index in [0.29, 0.717) is 19.3 Å². The minimum absolute atomic E-state index is 0.0736. The van der Waals surface area contributed by atoms with E-state index in [-0.39, 0.29) is 31.1 Å². The summed E-state index contributed by atoms with van der Waals surface area (Å²) in [6.07, 6.45) is 59.8. The minimum atomic E-state index is -0.774. The summed E-state index contributed by atoms with van der Waals surface area (Å²) in [5.74, 6) is -0.875. The Hall–Kier alpha value is -2.37. The summed E-state index contributed by atoms with van der Waals surface area (Å²) in [5, 5.41) is 0. The van der Waals surface area contributed by atoms with Gasteiger partial charge in [-0.1, -0.05) is 224 Å². The van der Waals surface area contributed by atoms with E-state index < -0.39 is 6.10 Å². The molecule has 0 bridgehead atoms. The molecule has 62 heavy (non-hydrogen) atoms. The van der Waals surface area contributed by atoms with Crippen molar-refractivity contribution >= 4 is 17.9 Å². The van der Waals surface area contributed by atoms with Crippen molar-refractivity contribution in [1.82, 2.24) is 0 Å². The van der Waals surface area contributed by atoms with E-state index >= 15 is 0 Å². The Morgan fingerprint density at radius 1 is 0.323 bits per heavy atom. The number of esters is 3. The highest BCUT2D eigenvalue weighted by atomic mass is 16.6. The van der Waals surface area contributed by atoms with E-state index in [4.69, 9.17) is 14.2 Å². The quantitative estimate of drug-likeness (QED) is 0.0262. The SMILES string of the molecule is CCCCC/C=C\C/C=C\CCCCCCCCCCCC(=O)OC[C@H](COC(=O)CCCCCCCCCCCCCC)OC(=O)CCCCCCC/C=C\CCCCCC. The van der Waals surface area contributed by atoms with Gasteiger partial charge in [0.25, 0.3) is 0 Å². The summed E-state index contributed by atoms with van der Waals surface area (Å²) in [4.78, 5) is 38.0. The Balaban J connectivity index is 4.32. The molecular weight excluding hydrogens is 769 g/mol. The van der Waals surface area contributed by atoms with Crippen LogP contribution in [0, 0.1) is 0 Å². The number of ether oxygens (including phenoxy) is 3. The molecule has 0 amide bonds. The van der Waals surface area contributed by atoms with E-state index in [2.05, 4.69) is 57.2 Å². The van der Waals surface area contributed by atoms with Crippen LogP contribution >= 0.6 is 0 Å². The van der Waals surface area contributed by atoms with Crippen molar-refractivity contribution in [3.8, 4) is 0 Å². The first-order chi connectivity index (χ1) is 30.5. The van der Waals surface area contributed by atoms with Gasteiger partial charge in [0.1, 0.15) is 13.2 Å². The summed E-state index contributed by atoms with van der Waals surface area (Å²) >= 11 is 0. The second-order valence-electron chi connectivity index (χ2n) is 18.1. The van der Waals surface area contributed by atoms with E-state index in [9.17, 15) is 14.4 Å². The van der Waals surface area contributed by atoms with Gasteiger partial charge in [-0.3, -0.25) is 14.4 Å². The number of rotatable bonds is 49. The minimum Gasteiger partial charge on any atom is -0.462 e. The Labute approximate surface area is 385 Å². The van der Waals surface area contributed by atoms with Crippen molar-refractivity contribution in [1.29, 1.82) is 0 Å². The molecule has 0 spiro atoms. The Kier molecular flexibility index (Phi) is 49.3. The molecule has 0 aliphatic carbocycles. The van der Waals surface area contributed by atoms with Crippen LogP contribution in [0.15, 0.2) is 36.5 Å². The highest BCUT2D eigenvalue weighted by Gasteiger charge is 2.19. The molecule has 0 N–H and O–H groups in total. The molecule has 0 aromatic rings. The molecule has 0 aliphatic heterocycles. The molecule has 6 heteroatoms. The third-order valence-corrected chi connectivity index (χ3v) is 11.9. The van der Waals surface area contributed by atoms with E-state index in [0.717, 1.165) is 70.6 Å². The molecule has 0 saturated carbocycles. The van der Waals surface area contributed by atoms with Gasteiger partial charge in [0.05, 0.1) is 0 Å². The molecule has 0 aliphatic rings. The van der Waals surface area contributed by atoms with Gasteiger partial charge in [-0.05, 0) is 77.0 Å². The van der Waals surface area contributed by atoms with Gasteiger partial charge in [-0.25, -0.2) is 0 Å². The third kappa shape index (κ3) is 48.7. The largest absolute Gasteiger partial charge is 0.462 e. The molecule has 0 fully saturated rings. The van der Waals surface area contributed by atoms with Crippen LogP contribution in [0.5, 0.6) is 0 Å². The predicted octanol–water partition coefficient (Wildman–Crippen LogP) is 17.7. The predicted molar refractivity (Wildman–Crippen MR) is 266 cm³/mol. The summed E-state index contributed by atoms with van der Waals surface area (Å²) < 4.78 is 16.8. The van der Waals surface area contributed by atoms with Crippen LogP contribution < -0.4 is 0 Å². The van der Waals surface area contributed by atoms with Crippen LogP contribution in [-0.4, -0.2) is 37.2 Å². The lowest BCUT2D eigenvalue weighted by Crippen LogP contribution is -2.30. The topological polar surface area (TPSA) is 78.9 Å². The number of unbranched alkanes of at least 4 members (excludes halogenated alkanes) is 32. The Morgan fingerprint density at radius 3 is 0.952 bits per heavy atom. The average molecular weight is 871 g/mol. The molecule has 0 heterocycles. The normalized spacial score (nSPS) is 12.2. The van der Waals surface area contributed by atoms with Crippen LogP contribution in [0.4, 0.5) is 0 Å². The van der Waals surface area contributed by atoms with Gasteiger partial charge < -0.3 is 14.2 Å². The molecule has 0 saturated heterocycles. The lowest BCUT2D eigenvalue weighted by atomic mass is 10.0. The molecule has 0 rings (SSSR count). The van der Waals surface area contributed by atoms with E-state index in [1.165, 1.54) is 173 Å². The van der Waals surface area contributed by atoms with Crippen LogP contribution in [0.2, 0.25) is 0 Å². The highest BCUT2D eigenvalue weighted by molar-refractivity contribution is 5.71. The smallest absolute Gasteiger partial charge is 0.306 e. The highest BCUT2D eigenvalue weighted by Crippen LogP contribution is 2.15. The first kappa shape index (κ1) is 59.6. The second-order valence-corrected chi connectivity index (χ2v) is 18.1. The molecule has 362 valence electrons. The summed E-state index contributed by atoms with van der Waals surface area (Å²) in [7, 11) is 0. The molecule has 0 unspecified atom stereocenters. The molecule has 6 nitrogen and oxygen atoms in total. The zero-order chi connectivity index (χ0) is 45.1. The maximum atomic E-state index is 12.8. The number of hydrogen-bond donors (Lipinski definition) is 0. The van der Waals surface area contributed by atoms with Gasteiger partial charge in [-0.2, -0.15) is 0 Å². The molecule has 0 radical (unpaired) electrons. The van der Waals surface area contributed by atoms with Gasteiger partial charge in [-0.15, -0.1) is 0 Å². The number of hydrogen-bond acceptors (Lipinski definition) is 6. The second kappa shape index (κ2) is 51.3. The third-order valence-electron chi connectivity index (χ3n) is 11.9.